The van der Waals surface area contributed by atoms with Gasteiger partial charge in [0.1, 0.15) is 17.2 Å². The standard InChI is InChI=1S/C24H17FN2O3/c1-13-11-16-18(12-14(13)2)30-23-20(22(16)28)21(15-7-3-4-8-17(15)25)27(24(23)29)19-9-5-6-10-26-19/h3-12,21H,1-2H3/t21-/m1/s1. The summed E-state index contributed by atoms with van der Waals surface area (Å²) in [5.41, 5.74) is 2.23. The number of amides is 1. The molecule has 0 unspecified atom stereocenters. The van der Waals surface area contributed by atoms with Gasteiger partial charge in [-0.15, -0.1) is 0 Å². The van der Waals surface area contributed by atoms with Crippen molar-refractivity contribution in [2.45, 2.75) is 19.9 Å². The first-order valence-corrected chi connectivity index (χ1v) is 9.54. The van der Waals surface area contributed by atoms with E-state index in [-0.39, 0.29) is 22.3 Å². The highest BCUT2D eigenvalue weighted by atomic mass is 19.1. The Bertz CT molecular complexity index is 1380. The summed E-state index contributed by atoms with van der Waals surface area (Å²) in [6.07, 6.45) is 1.54. The summed E-state index contributed by atoms with van der Waals surface area (Å²) in [5, 5.41) is 0.369. The molecule has 0 radical (unpaired) electrons. The Labute approximate surface area is 171 Å². The molecule has 148 valence electrons. The maximum atomic E-state index is 14.8. The third kappa shape index (κ3) is 2.57. The lowest BCUT2D eigenvalue weighted by Gasteiger charge is -2.24. The molecule has 0 bridgehead atoms. The molecule has 1 atom stereocenters. The van der Waals surface area contributed by atoms with Crippen LogP contribution in [0, 0.1) is 19.7 Å². The lowest BCUT2D eigenvalue weighted by molar-refractivity contribution is 0.0970. The first kappa shape index (κ1) is 18.2. The second kappa shape index (κ2) is 6.62. The van der Waals surface area contributed by atoms with Gasteiger partial charge in [-0.25, -0.2) is 9.37 Å². The largest absolute Gasteiger partial charge is 0.450 e. The number of halogens is 1. The summed E-state index contributed by atoms with van der Waals surface area (Å²) in [4.78, 5) is 32.5. The Balaban J connectivity index is 1.86. The van der Waals surface area contributed by atoms with E-state index >= 15 is 0 Å². The summed E-state index contributed by atoms with van der Waals surface area (Å²) in [6.45, 7) is 3.81. The number of nitrogens with zero attached hydrogens (tertiary/aromatic N) is 2. The minimum Gasteiger partial charge on any atom is -0.450 e. The molecule has 0 fully saturated rings. The zero-order valence-electron chi connectivity index (χ0n) is 16.3. The van der Waals surface area contributed by atoms with Crippen LogP contribution in [0.4, 0.5) is 10.2 Å². The molecule has 1 aliphatic rings. The number of rotatable bonds is 2. The maximum Gasteiger partial charge on any atom is 0.296 e. The molecule has 30 heavy (non-hydrogen) atoms. The van der Waals surface area contributed by atoms with Crippen LogP contribution in [0.25, 0.3) is 11.0 Å². The number of carbonyl (C=O) groups is 1. The van der Waals surface area contributed by atoms with Crippen LogP contribution in [0.5, 0.6) is 0 Å². The molecule has 1 amide bonds. The maximum absolute atomic E-state index is 14.8. The Kier molecular flexibility index (Phi) is 4.03. The van der Waals surface area contributed by atoms with Gasteiger partial charge in [0.2, 0.25) is 5.76 Å². The first-order chi connectivity index (χ1) is 14.5. The first-order valence-electron chi connectivity index (χ1n) is 9.54. The molecular weight excluding hydrogens is 383 g/mol. The highest BCUT2D eigenvalue weighted by Gasteiger charge is 2.45. The second-order valence-electron chi connectivity index (χ2n) is 7.39. The fourth-order valence-corrected chi connectivity index (χ4v) is 3.95. The van der Waals surface area contributed by atoms with Gasteiger partial charge in [0.25, 0.3) is 5.91 Å². The van der Waals surface area contributed by atoms with E-state index in [1.165, 1.54) is 11.0 Å². The Morgan fingerprint density at radius 3 is 2.47 bits per heavy atom. The van der Waals surface area contributed by atoms with Crippen LogP contribution in [-0.2, 0) is 0 Å². The molecule has 0 saturated heterocycles. The quantitative estimate of drug-likeness (QED) is 0.490. The van der Waals surface area contributed by atoms with E-state index < -0.39 is 17.8 Å². The number of benzene rings is 2. The SMILES string of the molecule is Cc1cc2oc3c(c(=O)c2cc1C)[C@@H](c1ccccc1F)N(c1ccccn1)C3=O. The summed E-state index contributed by atoms with van der Waals surface area (Å²) >= 11 is 0. The molecule has 6 heteroatoms. The Morgan fingerprint density at radius 1 is 1.00 bits per heavy atom. The Hall–Kier alpha value is -3.80. The van der Waals surface area contributed by atoms with Crippen molar-refractivity contribution in [3.05, 3.63) is 105 Å². The van der Waals surface area contributed by atoms with Crippen LogP contribution in [-0.4, -0.2) is 10.9 Å². The summed E-state index contributed by atoms with van der Waals surface area (Å²) < 4.78 is 20.8. The van der Waals surface area contributed by atoms with Crippen LogP contribution in [0.2, 0.25) is 0 Å². The number of aromatic nitrogens is 1. The third-order valence-electron chi connectivity index (χ3n) is 5.58. The van der Waals surface area contributed by atoms with E-state index in [0.29, 0.717) is 16.8 Å². The van der Waals surface area contributed by atoms with Gasteiger partial charge in [-0.1, -0.05) is 24.3 Å². The molecule has 0 N–H and O–H groups in total. The van der Waals surface area contributed by atoms with Crippen LogP contribution in [0.15, 0.2) is 70.0 Å². The van der Waals surface area contributed by atoms with Crippen LogP contribution < -0.4 is 10.3 Å². The zero-order valence-corrected chi connectivity index (χ0v) is 16.3. The van der Waals surface area contributed by atoms with E-state index in [9.17, 15) is 14.0 Å². The van der Waals surface area contributed by atoms with Gasteiger partial charge >= 0.3 is 0 Å². The average Bonchev–Trinajstić information content (AvgIpc) is 3.03. The number of fused-ring (bicyclic) bond motifs is 2. The van der Waals surface area contributed by atoms with E-state index in [1.54, 1.807) is 54.7 Å². The second-order valence-corrected chi connectivity index (χ2v) is 7.39. The molecule has 2 aromatic carbocycles. The number of carbonyl (C=O) groups excluding carboxylic acids is 1. The van der Waals surface area contributed by atoms with Crippen molar-refractivity contribution in [3.63, 3.8) is 0 Å². The van der Waals surface area contributed by atoms with Gasteiger partial charge in [0.05, 0.1) is 17.0 Å². The topological polar surface area (TPSA) is 63.4 Å². The molecule has 0 saturated carbocycles. The molecule has 3 heterocycles. The lowest BCUT2D eigenvalue weighted by Crippen LogP contribution is -2.30. The van der Waals surface area contributed by atoms with Crippen molar-refractivity contribution in [2.24, 2.45) is 0 Å². The van der Waals surface area contributed by atoms with Gasteiger partial charge in [-0.05, 0) is 55.3 Å². The number of aryl methyl sites for hydroxylation is 2. The smallest absolute Gasteiger partial charge is 0.296 e. The number of hydrogen-bond donors (Lipinski definition) is 0. The van der Waals surface area contributed by atoms with E-state index in [1.807, 2.05) is 13.8 Å². The van der Waals surface area contributed by atoms with Crippen molar-refractivity contribution in [1.82, 2.24) is 4.98 Å². The fourth-order valence-electron chi connectivity index (χ4n) is 3.95. The van der Waals surface area contributed by atoms with Crippen molar-refractivity contribution in [1.29, 1.82) is 0 Å². The molecule has 4 aromatic rings. The summed E-state index contributed by atoms with van der Waals surface area (Å²) in [5.74, 6) is -0.787. The molecular formula is C24H17FN2O3. The monoisotopic (exact) mass is 400 g/mol. The normalized spacial score (nSPS) is 15.6. The predicted molar refractivity (Wildman–Crippen MR) is 111 cm³/mol. The fraction of sp³-hybridized carbons (Fsp3) is 0.125. The van der Waals surface area contributed by atoms with E-state index in [0.717, 1.165) is 11.1 Å². The van der Waals surface area contributed by atoms with Gasteiger partial charge in [-0.3, -0.25) is 14.5 Å². The summed E-state index contributed by atoms with van der Waals surface area (Å²) in [6, 6.07) is 13.8. The van der Waals surface area contributed by atoms with Gasteiger partial charge in [0.15, 0.2) is 5.43 Å². The average molecular weight is 400 g/mol. The zero-order chi connectivity index (χ0) is 21.0. The third-order valence-corrected chi connectivity index (χ3v) is 5.58. The molecule has 0 spiro atoms. The van der Waals surface area contributed by atoms with Crippen LogP contribution in [0.1, 0.15) is 38.9 Å². The minimum atomic E-state index is -0.967. The Morgan fingerprint density at radius 2 is 1.73 bits per heavy atom. The lowest BCUT2D eigenvalue weighted by atomic mass is 9.97. The van der Waals surface area contributed by atoms with Crippen LogP contribution in [0.3, 0.4) is 0 Å². The number of hydrogen-bond acceptors (Lipinski definition) is 4. The molecule has 5 nitrogen and oxygen atoms in total. The highest BCUT2D eigenvalue weighted by Crippen LogP contribution is 2.41. The van der Waals surface area contributed by atoms with Gasteiger partial charge < -0.3 is 4.42 Å². The highest BCUT2D eigenvalue weighted by molar-refractivity contribution is 6.10. The van der Waals surface area contributed by atoms with E-state index in [2.05, 4.69) is 4.98 Å². The molecule has 5 rings (SSSR count). The van der Waals surface area contributed by atoms with Crippen molar-refractivity contribution in [3.8, 4) is 0 Å². The van der Waals surface area contributed by atoms with Crippen LogP contribution >= 0.6 is 0 Å². The predicted octanol–water partition coefficient (Wildman–Crippen LogP) is 4.69. The molecule has 1 aliphatic heterocycles. The molecule has 0 aliphatic carbocycles. The summed E-state index contributed by atoms with van der Waals surface area (Å²) in [7, 11) is 0. The number of pyridine rings is 1. The van der Waals surface area contributed by atoms with Gasteiger partial charge in [-0.2, -0.15) is 0 Å². The van der Waals surface area contributed by atoms with Crippen molar-refractivity contribution >= 4 is 22.7 Å². The van der Waals surface area contributed by atoms with Crippen molar-refractivity contribution in [2.75, 3.05) is 4.90 Å². The van der Waals surface area contributed by atoms with Crippen molar-refractivity contribution < 1.29 is 13.6 Å². The molecule has 2 aromatic heterocycles. The van der Waals surface area contributed by atoms with E-state index in [4.69, 9.17) is 4.42 Å². The number of anilines is 1. The van der Waals surface area contributed by atoms with Gasteiger partial charge in [0, 0.05) is 11.8 Å². The minimum absolute atomic E-state index is 0.0744.